The molecule has 20 heavy (non-hydrogen) atoms. The first-order valence-electron chi connectivity index (χ1n) is 7.64. The van der Waals surface area contributed by atoms with E-state index in [1.54, 1.807) is 0 Å². The monoisotopic (exact) mass is 397 g/mol. The Morgan fingerprint density at radius 3 is 2.45 bits per heavy atom. The second-order valence-corrected chi connectivity index (χ2v) is 6.00. The van der Waals surface area contributed by atoms with Gasteiger partial charge in [-0.15, -0.1) is 24.0 Å². The number of hydrogen-bond acceptors (Lipinski definition) is 2. The molecular formula is C15H32IN3O. The second kappa shape index (κ2) is 10.7. The Labute approximate surface area is 141 Å². The molecule has 120 valence electrons. The minimum Gasteiger partial charge on any atom is -0.380 e. The van der Waals surface area contributed by atoms with Gasteiger partial charge >= 0.3 is 0 Å². The Balaban J connectivity index is 0.00000361. The van der Waals surface area contributed by atoms with Gasteiger partial charge in [-0.1, -0.05) is 20.3 Å². The summed E-state index contributed by atoms with van der Waals surface area (Å²) in [5.74, 6) is 1.67. The number of guanidine groups is 1. The average Bonchev–Trinajstić information content (AvgIpc) is 2.34. The maximum absolute atomic E-state index is 5.31. The third kappa shape index (κ3) is 7.11. The topological polar surface area (TPSA) is 45.6 Å². The first kappa shape index (κ1) is 20.0. The van der Waals surface area contributed by atoms with E-state index in [0.29, 0.717) is 5.41 Å². The molecule has 0 unspecified atom stereocenters. The van der Waals surface area contributed by atoms with Gasteiger partial charge in [-0.25, -0.2) is 0 Å². The molecule has 0 saturated heterocycles. The first-order chi connectivity index (χ1) is 9.12. The van der Waals surface area contributed by atoms with Crippen LogP contribution in [0.1, 0.15) is 46.5 Å². The van der Waals surface area contributed by atoms with E-state index >= 15 is 0 Å². The number of hydrogen-bond donors (Lipinski definition) is 2. The number of ether oxygens (including phenoxy) is 1. The van der Waals surface area contributed by atoms with Gasteiger partial charge in [0.2, 0.25) is 0 Å². The number of rotatable bonds is 8. The fourth-order valence-corrected chi connectivity index (χ4v) is 2.87. The van der Waals surface area contributed by atoms with Crippen LogP contribution in [0.3, 0.4) is 0 Å². The first-order valence-corrected chi connectivity index (χ1v) is 7.64. The molecular weight excluding hydrogens is 365 g/mol. The van der Waals surface area contributed by atoms with Crippen LogP contribution in [0.2, 0.25) is 0 Å². The lowest BCUT2D eigenvalue weighted by molar-refractivity contribution is 0.104. The molecule has 2 N–H and O–H groups in total. The Hall–Kier alpha value is -0.0400. The van der Waals surface area contributed by atoms with E-state index in [9.17, 15) is 0 Å². The molecule has 5 heteroatoms. The highest BCUT2D eigenvalue weighted by molar-refractivity contribution is 14.0. The highest BCUT2D eigenvalue weighted by atomic mass is 127. The molecule has 4 nitrogen and oxygen atoms in total. The lowest BCUT2D eigenvalue weighted by atomic mass is 9.64. The highest BCUT2D eigenvalue weighted by Crippen LogP contribution is 2.45. The van der Waals surface area contributed by atoms with Gasteiger partial charge in [-0.2, -0.15) is 0 Å². The summed E-state index contributed by atoms with van der Waals surface area (Å²) in [7, 11) is 1.83. The van der Waals surface area contributed by atoms with Crippen LogP contribution in [-0.4, -0.2) is 39.3 Å². The number of nitrogens with one attached hydrogen (secondary N) is 2. The SMILES string of the molecule is CCOCCNC(=NC)NCC1(CC(C)C)CCC1.I. The summed E-state index contributed by atoms with van der Waals surface area (Å²) in [5, 5.41) is 6.77. The molecule has 0 aromatic rings. The zero-order valence-corrected chi connectivity index (χ0v) is 15.8. The predicted octanol–water partition coefficient (Wildman–Crippen LogP) is 3.02. The maximum Gasteiger partial charge on any atom is 0.191 e. The van der Waals surface area contributed by atoms with Gasteiger partial charge in [0.05, 0.1) is 6.61 Å². The van der Waals surface area contributed by atoms with Crippen LogP contribution in [0.15, 0.2) is 4.99 Å². The van der Waals surface area contributed by atoms with Crippen molar-refractivity contribution in [2.45, 2.75) is 46.5 Å². The van der Waals surface area contributed by atoms with E-state index in [0.717, 1.165) is 38.2 Å². The standard InChI is InChI=1S/C15H31N3O.HI/c1-5-19-10-9-17-14(16-4)18-12-15(7-6-8-15)11-13(2)3;/h13H,5-12H2,1-4H3,(H2,16,17,18);1H. The summed E-state index contributed by atoms with van der Waals surface area (Å²) in [6.07, 6.45) is 5.41. The molecule has 1 aliphatic rings. The largest absolute Gasteiger partial charge is 0.380 e. The van der Waals surface area contributed by atoms with Gasteiger partial charge in [0.1, 0.15) is 0 Å². The third-order valence-electron chi connectivity index (χ3n) is 3.85. The fraction of sp³-hybridized carbons (Fsp3) is 0.933. The Morgan fingerprint density at radius 1 is 1.30 bits per heavy atom. The van der Waals surface area contributed by atoms with Crippen LogP contribution >= 0.6 is 24.0 Å². The summed E-state index contributed by atoms with van der Waals surface area (Å²) in [4.78, 5) is 4.27. The van der Waals surface area contributed by atoms with Crippen LogP contribution in [0, 0.1) is 11.3 Å². The number of nitrogens with zero attached hydrogens (tertiary/aromatic N) is 1. The Bertz CT molecular complexity index is 278. The van der Waals surface area contributed by atoms with Gasteiger partial charge in [-0.3, -0.25) is 4.99 Å². The molecule has 0 spiro atoms. The van der Waals surface area contributed by atoms with Crippen LogP contribution in [0.4, 0.5) is 0 Å². The number of aliphatic imine (C=N–C) groups is 1. The smallest absolute Gasteiger partial charge is 0.191 e. The normalized spacial score (nSPS) is 17.4. The van der Waals surface area contributed by atoms with Gasteiger partial charge in [0.15, 0.2) is 5.96 Å². The molecule has 0 atom stereocenters. The van der Waals surface area contributed by atoms with Crippen LogP contribution in [-0.2, 0) is 4.74 Å². The summed E-state index contributed by atoms with van der Waals surface area (Å²) >= 11 is 0. The Kier molecular flexibility index (Phi) is 10.6. The van der Waals surface area contributed by atoms with E-state index < -0.39 is 0 Å². The maximum atomic E-state index is 5.31. The van der Waals surface area contributed by atoms with Gasteiger partial charge < -0.3 is 15.4 Å². The van der Waals surface area contributed by atoms with Gasteiger partial charge in [0, 0.05) is 26.7 Å². The summed E-state index contributed by atoms with van der Waals surface area (Å²) in [6, 6.07) is 0. The summed E-state index contributed by atoms with van der Waals surface area (Å²) < 4.78 is 5.31. The molecule has 0 bridgehead atoms. The van der Waals surface area contributed by atoms with Gasteiger partial charge in [0.25, 0.3) is 0 Å². The molecule has 0 aliphatic heterocycles. The van der Waals surface area contributed by atoms with Crippen LogP contribution in [0.5, 0.6) is 0 Å². The molecule has 0 aromatic carbocycles. The third-order valence-corrected chi connectivity index (χ3v) is 3.85. The van der Waals surface area contributed by atoms with Crippen molar-refractivity contribution in [3.63, 3.8) is 0 Å². The lowest BCUT2D eigenvalue weighted by Gasteiger charge is -2.43. The summed E-state index contributed by atoms with van der Waals surface area (Å²) in [5.41, 5.74) is 0.506. The fourth-order valence-electron chi connectivity index (χ4n) is 2.87. The van der Waals surface area contributed by atoms with Crippen molar-refractivity contribution < 1.29 is 4.74 Å². The minimum atomic E-state index is 0. The van der Waals surface area contributed by atoms with E-state index in [2.05, 4.69) is 29.5 Å². The lowest BCUT2D eigenvalue weighted by Crippen LogP contribution is -2.47. The molecule has 0 heterocycles. The van der Waals surface area contributed by atoms with Crippen molar-refractivity contribution in [1.82, 2.24) is 10.6 Å². The van der Waals surface area contributed by atoms with Crippen molar-refractivity contribution >= 4 is 29.9 Å². The van der Waals surface area contributed by atoms with Crippen LogP contribution < -0.4 is 10.6 Å². The van der Waals surface area contributed by atoms with E-state index in [1.807, 2.05) is 14.0 Å². The van der Waals surface area contributed by atoms with Crippen molar-refractivity contribution in [3.05, 3.63) is 0 Å². The molecule has 0 amide bonds. The zero-order valence-electron chi connectivity index (χ0n) is 13.5. The number of halogens is 1. The van der Waals surface area contributed by atoms with Crippen molar-refractivity contribution in [2.75, 3.05) is 33.4 Å². The second-order valence-electron chi connectivity index (χ2n) is 6.00. The van der Waals surface area contributed by atoms with Crippen molar-refractivity contribution in [2.24, 2.45) is 16.3 Å². The zero-order chi connectivity index (χ0) is 14.1. The molecule has 1 aliphatic carbocycles. The minimum absolute atomic E-state index is 0. The van der Waals surface area contributed by atoms with E-state index in [-0.39, 0.29) is 24.0 Å². The van der Waals surface area contributed by atoms with Gasteiger partial charge in [-0.05, 0) is 37.5 Å². The quantitative estimate of drug-likeness (QED) is 0.287. The summed E-state index contributed by atoms with van der Waals surface area (Å²) in [6.45, 7) is 9.99. The highest BCUT2D eigenvalue weighted by Gasteiger charge is 2.37. The molecule has 0 radical (unpaired) electrons. The predicted molar refractivity (Wildman–Crippen MR) is 97.0 cm³/mol. The van der Waals surface area contributed by atoms with Crippen molar-refractivity contribution in [3.8, 4) is 0 Å². The van der Waals surface area contributed by atoms with Crippen LogP contribution in [0.25, 0.3) is 0 Å². The average molecular weight is 397 g/mol. The molecule has 1 saturated carbocycles. The molecule has 0 aromatic heterocycles. The molecule has 1 rings (SSSR count). The van der Waals surface area contributed by atoms with Crippen molar-refractivity contribution in [1.29, 1.82) is 0 Å². The molecule has 1 fully saturated rings. The van der Waals surface area contributed by atoms with E-state index in [1.165, 1.54) is 25.7 Å². The van der Waals surface area contributed by atoms with E-state index in [4.69, 9.17) is 4.74 Å². The Morgan fingerprint density at radius 2 is 2.00 bits per heavy atom.